The third-order valence-electron chi connectivity index (χ3n) is 3.14. The Labute approximate surface area is 147 Å². The van der Waals surface area contributed by atoms with Gasteiger partial charge in [-0.2, -0.15) is 0 Å². The number of non-ortho nitro benzene ring substituents is 1. The molecule has 0 atom stereocenters. The van der Waals surface area contributed by atoms with Gasteiger partial charge in [-0.1, -0.05) is 12.1 Å². The van der Waals surface area contributed by atoms with Crippen molar-refractivity contribution in [1.82, 2.24) is 0 Å². The zero-order valence-corrected chi connectivity index (χ0v) is 13.9. The van der Waals surface area contributed by atoms with Gasteiger partial charge < -0.3 is 15.2 Å². The lowest BCUT2D eigenvalue weighted by molar-refractivity contribution is -0.384. The summed E-state index contributed by atoms with van der Waals surface area (Å²) in [5.74, 6) is -1.29. The maximum absolute atomic E-state index is 12.1. The van der Waals surface area contributed by atoms with Crippen molar-refractivity contribution >= 4 is 35.0 Å². The first-order valence-electron chi connectivity index (χ1n) is 6.99. The fourth-order valence-corrected chi connectivity index (χ4v) is 2.85. The predicted molar refractivity (Wildman–Crippen MR) is 92.4 cm³/mol. The highest BCUT2D eigenvalue weighted by molar-refractivity contribution is 8.00. The van der Waals surface area contributed by atoms with E-state index in [4.69, 9.17) is 9.84 Å². The van der Waals surface area contributed by atoms with Crippen LogP contribution in [0.4, 0.5) is 11.4 Å². The fraction of sp³-hybridized carbons (Fsp3) is 0.125. The van der Waals surface area contributed by atoms with Gasteiger partial charge in [0.2, 0.25) is 5.91 Å². The Morgan fingerprint density at radius 2 is 2.00 bits per heavy atom. The number of ether oxygens (including phenoxy) is 1. The van der Waals surface area contributed by atoms with E-state index in [9.17, 15) is 19.7 Å². The monoisotopic (exact) mass is 362 g/mol. The minimum Gasteiger partial charge on any atom is -0.495 e. The molecule has 0 saturated carbocycles. The van der Waals surface area contributed by atoms with Crippen molar-refractivity contribution in [3.63, 3.8) is 0 Å². The Hall–Kier alpha value is -3.07. The molecular weight excluding hydrogens is 348 g/mol. The summed E-state index contributed by atoms with van der Waals surface area (Å²) in [7, 11) is 1.38. The molecule has 2 rings (SSSR count). The van der Waals surface area contributed by atoms with Gasteiger partial charge in [0.25, 0.3) is 5.69 Å². The largest absolute Gasteiger partial charge is 0.495 e. The van der Waals surface area contributed by atoms with Crippen molar-refractivity contribution in [2.45, 2.75) is 4.90 Å². The van der Waals surface area contributed by atoms with E-state index in [2.05, 4.69) is 5.32 Å². The number of nitrogens with zero attached hydrogens (tertiary/aromatic N) is 1. The third kappa shape index (κ3) is 4.70. The number of carbonyl (C=O) groups is 2. The Morgan fingerprint density at radius 3 is 2.64 bits per heavy atom. The number of nitro groups is 1. The lowest BCUT2D eigenvalue weighted by Crippen LogP contribution is -2.15. The van der Waals surface area contributed by atoms with Crippen LogP contribution in [0.1, 0.15) is 10.4 Å². The molecule has 0 aliphatic heterocycles. The second kappa shape index (κ2) is 8.15. The van der Waals surface area contributed by atoms with Gasteiger partial charge in [-0.15, -0.1) is 11.8 Å². The van der Waals surface area contributed by atoms with E-state index in [1.165, 1.54) is 31.4 Å². The van der Waals surface area contributed by atoms with Crippen molar-refractivity contribution in [3.05, 3.63) is 58.1 Å². The molecule has 0 aliphatic carbocycles. The molecule has 130 valence electrons. The number of carbonyl (C=O) groups excluding carboxylic acids is 1. The van der Waals surface area contributed by atoms with Gasteiger partial charge in [-0.3, -0.25) is 14.9 Å². The summed E-state index contributed by atoms with van der Waals surface area (Å²) in [6.07, 6.45) is 0. The van der Waals surface area contributed by atoms with Crippen LogP contribution >= 0.6 is 11.8 Å². The van der Waals surface area contributed by atoms with Gasteiger partial charge in [0.15, 0.2) is 0 Å². The van der Waals surface area contributed by atoms with E-state index >= 15 is 0 Å². The van der Waals surface area contributed by atoms with E-state index in [0.29, 0.717) is 4.90 Å². The van der Waals surface area contributed by atoms with Crippen LogP contribution in [-0.4, -0.2) is 34.8 Å². The molecule has 25 heavy (non-hydrogen) atoms. The Bertz CT molecular complexity index is 824. The third-order valence-corrected chi connectivity index (χ3v) is 4.22. The number of nitrogens with one attached hydrogen (secondary N) is 1. The molecule has 2 aromatic rings. The summed E-state index contributed by atoms with van der Waals surface area (Å²) >= 11 is 1.06. The molecule has 0 radical (unpaired) electrons. The number of hydrogen-bond acceptors (Lipinski definition) is 6. The van der Waals surface area contributed by atoms with Crippen LogP contribution in [0.2, 0.25) is 0 Å². The number of carboxylic acid groups (broad SMARTS) is 1. The van der Waals surface area contributed by atoms with Crippen LogP contribution in [0.5, 0.6) is 5.75 Å². The molecule has 0 aromatic heterocycles. The summed E-state index contributed by atoms with van der Waals surface area (Å²) in [6.45, 7) is 0. The van der Waals surface area contributed by atoms with Gasteiger partial charge in [0.05, 0.1) is 29.0 Å². The van der Waals surface area contributed by atoms with E-state index in [1.807, 2.05) is 0 Å². The molecule has 8 nitrogen and oxygen atoms in total. The van der Waals surface area contributed by atoms with Crippen molar-refractivity contribution in [2.75, 3.05) is 18.2 Å². The van der Waals surface area contributed by atoms with Crippen molar-refractivity contribution in [2.24, 2.45) is 0 Å². The van der Waals surface area contributed by atoms with Crippen LogP contribution in [0, 0.1) is 10.1 Å². The highest BCUT2D eigenvalue weighted by Gasteiger charge is 2.15. The summed E-state index contributed by atoms with van der Waals surface area (Å²) in [5, 5.41) is 22.5. The average Bonchev–Trinajstić information content (AvgIpc) is 2.60. The lowest BCUT2D eigenvalue weighted by Gasteiger charge is -2.10. The maximum atomic E-state index is 12.1. The average molecular weight is 362 g/mol. The predicted octanol–water partition coefficient (Wildman–Crippen LogP) is 3.03. The minimum atomic E-state index is -1.08. The van der Waals surface area contributed by atoms with Gasteiger partial charge in [-0.05, 0) is 18.2 Å². The number of nitro benzene ring substituents is 1. The van der Waals surface area contributed by atoms with Gasteiger partial charge in [-0.25, -0.2) is 4.79 Å². The normalized spacial score (nSPS) is 10.1. The summed E-state index contributed by atoms with van der Waals surface area (Å²) < 4.78 is 5.07. The number of benzene rings is 2. The van der Waals surface area contributed by atoms with Crippen LogP contribution < -0.4 is 10.1 Å². The number of methoxy groups -OCH3 is 1. The van der Waals surface area contributed by atoms with E-state index in [-0.39, 0.29) is 28.4 Å². The molecule has 0 spiro atoms. The van der Waals surface area contributed by atoms with Crippen LogP contribution in [-0.2, 0) is 4.79 Å². The summed E-state index contributed by atoms with van der Waals surface area (Å²) in [6, 6.07) is 10.2. The van der Waals surface area contributed by atoms with Gasteiger partial charge >= 0.3 is 5.97 Å². The maximum Gasteiger partial charge on any atom is 0.336 e. The molecule has 0 heterocycles. The van der Waals surface area contributed by atoms with E-state index in [0.717, 1.165) is 11.8 Å². The van der Waals surface area contributed by atoms with Crippen LogP contribution in [0.15, 0.2) is 47.4 Å². The Balaban J connectivity index is 2.09. The Morgan fingerprint density at radius 1 is 1.28 bits per heavy atom. The number of amides is 1. The first-order valence-corrected chi connectivity index (χ1v) is 7.98. The van der Waals surface area contributed by atoms with Gasteiger partial charge in [0, 0.05) is 17.0 Å². The highest BCUT2D eigenvalue weighted by Crippen LogP contribution is 2.29. The topological polar surface area (TPSA) is 119 Å². The molecule has 0 saturated heterocycles. The zero-order chi connectivity index (χ0) is 18.4. The van der Waals surface area contributed by atoms with Gasteiger partial charge in [0.1, 0.15) is 5.75 Å². The van der Waals surface area contributed by atoms with Crippen LogP contribution in [0.25, 0.3) is 0 Å². The molecule has 2 aromatic carbocycles. The molecule has 0 aliphatic rings. The SMILES string of the molecule is COc1ccc([N+](=O)[O-])cc1NC(=O)CSc1ccccc1C(=O)O. The van der Waals surface area contributed by atoms with Crippen molar-refractivity contribution in [1.29, 1.82) is 0 Å². The molecule has 2 N–H and O–H groups in total. The smallest absolute Gasteiger partial charge is 0.336 e. The van der Waals surface area contributed by atoms with Crippen LogP contribution in [0.3, 0.4) is 0 Å². The number of hydrogen-bond donors (Lipinski definition) is 2. The second-order valence-corrected chi connectivity index (χ2v) is 5.80. The first-order chi connectivity index (χ1) is 11.9. The number of rotatable bonds is 7. The van der Waals surface area contributed by atoms with E-state index < -0.39 is 16.8 Å². The Kier molecular flexibility index (Phi) is 5.96. The number of aromatic carboxylic acids is 1. The summed E-state index contributed by atoms with van der Waals surface area (Å²) in [4.78, 5) is 34.0. The number of carboxylic acids is 1. The standard InChI is InChI=1S/C16H14N2O6S/c1-24-13-7-6-10(18(22)23)8-12(13)17-15(19)9-25-14-5-3-2-4-11(14)16(20)21/h2-8H,9H2,1H3,(H,17,19)(H,20,21). The molecule has 1 amide bonds. The number of thioether (sulfide) groups is 1. The summed E-state index contributed by atoms with van der Waals surface area (Å²) in [5.41, 5.74) is 0.0991. The first kappa shape index (κ1) is 18.3. The lowest BCUT2D eigenvalue weighted by atomic mass is 10.2. The zero-order valence-electron chi connectivity index (χ0n) is 13.1. The second-order valence-electron chi connectivity index (χ2n) is 4.78. The van der Waals surface area contributed by atoms with Crippen molar-refractivity contribution < 1.29 is 24.4 Å². The van der Waals surface area contributed by atoms with E-state index in [1.54, 1.807) is 18.2 Å². The molecule has 0 bridgehead atoms. The quantitative estimate of drug-likeness (QED) is 0.441. The van der Waals surface area contributed by atoms with Crippen molar-refractivity contribution in [3.8, 4) is 5.75 Å². The minimum absolute atomic E-state index is 0.0594. The fourth-order valence-electron chi connectivity index (χ4n) is 2.01. The molecule has 0 fully saturated rings. The molecular formula is C16H14N2O6S. The number of anilines is 1. The molecule has 0 unspecified atom stereocenters. The molecule has 9 heteroatoms. The highest BCUT2D eigenvalue weighted by atomic mass is 32.2.